The van der Waals surface area contributed by atoms with Gasteiger partial charge in [0.2, 0.25) is 6.08 Å². The van der Waals surface area contributed by atoms with E-state index < -0.39 is 0 Å². The Hall–Kier alpha value is -1.73. The predicted molar refractivity (Wildman–Crippen MR) is 97.4 cm³/mol. The minimum absolute atomic E-state index is 0.0562. The summed E-state index contributed by atoms with van der Waals surface area (Å²) in [7, 11) is 0. The van der Waals surface area contributed by atoms with Crippen molar-refractivity contribution in [2.45, 2.75) is 59.3 Å². The summed E-state index contributed by atoms with van der Waals surface area (Å²) in [5, 5.41) is 0. The Bertz CT molecular complexity index is 767. The molecule has 0 saturated heterocycles. The predicted octanol–water partition coefficient (Wildman–Crippen LogP) is 4.90. The second-order valence-electron chi connectivity index (χ2n) is 8.87. The number of nitrogens with zero attached hydrogens (tertiary/aromatic N) is 1. The SMILES string of the molecule is C/C(N=C=O)=C1\CC[C@H]2[C@@H]3CCC4=CC(=O)C=C[C@]4(C)[C@H]3CC[C@]12C. The molecule has 0 aromatic carbocycles. The topological polar surface area (TPSA) is 46.5 Å². The van der Waals surface area contributed by atoms with Gasteiger partial charge in [0.1, 0.15) is 0 Å². The molecule has 25 heavy (non-hydrogen) atoms. The fourth-order valence-electron chi connectivity index (χ4n) is 6.74. The number of rotatable bonds is 1. The lowest BCUT2D eigenvalue weighted by Crippen LogP contribution is -2.48. The van der Waals surface area contributed by atoms with Crippen LogP contribution in [0.2, 0.25) is 0 Å². The summed E-state index contributed by atoms with van der Waals surface area (Å²) in [5.74, 6) is 2.15. The lowest BCUT2D eigenvalue weighted by Gasteiger charge is -2.56. The van der Waals surface area contributed by atoms with Crippen LogP contribution in [0.5, 0.6) is 0 Å². The van der Waals surface area contributed by atoms with E-state index in [9.17, 15) is 9.59 Å². The normalized spacial score (nSPS) is 44.2. The smallest absolute Gasteiger partial charge is 0.240 e. The lowest BCUT2D eigenvalue weighted by molar-refractivity contribution is -0.111. The minimum Gasteiger partial charge on any atom is -0.290 e. The molecule has 4 rings (SSSR count). The molecule has 0 radical (unpaired) electrons. The Morgan fingerprint density at radius 3 is 2.76 bits per heavy atom. The number of carbonyl (C=O) groups is 1. The second kappa shape index (κ2) is 5.64. The first-order valence-corrected chi connectivity index (χ1v) is 9.62. The van der Waals surface area contributed by atoms with Crippen LogP contribution in [0.15, 0.2) is 40.1 Å². The number of aliphatic imine (C=N–C) groups is 1. The van der Waals surface area contributed by atoms with Crippen LogP contribution in [-0.2, 0) is 9.59 Å². The van der Waals surface area contributed by atoms with Crippen molar-refractivity contribution in [3.63, 3.8) is 0 Å². The van der Waals surface area contributed by atoms with Crippen molar-refractivity contribution in [2.75, 3.05) is 0 Å². The molecule has 0 spiro atoms. The van der Waals surface area contributed by atoms with E-state index >= 15 is 0 Å². The summed E-state index contributed by atoms with van der Waals surface area (Å²) >= 11 is 0. The van der Waals surface area contributed by atoms with Gasteiger partial charge in [-0.15, -0.1) is 0 Å². The summed E-state index contributed by atoms with van der Waals surface area (Å²) in [4.78, 5) is 26.5. The summed E-state index contributed by atoms with van der Waals surface area (Å²) in [5.41, 5.74) is 3.86. The summed E-state index contributed by atoms with van der Waals surface area (Å²) in [6.45, 7) is 6.71. The van der Waals surface area contributed by atoms with Crippen molar-refractivity contribution in [3.05, 3.63) is 35.1 Å². The van der Waals surface area contributed by atoms with Gasteiger partial charge in [-0.3, -0.25) is 4.79 Å². The van der Waals surface area contributed by atoms with Gasteiger partial charge < -0.3 is 0 Å². The maximum Gasteiger partial charge on any atom is 0.240 e. The summed E-state index contributed by atoms with van der Waals surface area (Å²) in [6, 6.07) is 0. The number of isocyanates is 1. The maximum absolute atomic E-state index is 11.8. The van der Waals surface area contributed by atoms with Crippen molar-refractivity contribution in [1.82, 2.24) is 0 Å². The van der Waals surface area contributed by atoms with Crippen LogP contribution in [0.4, 0.5) is 0 Å². The van der Waals surface area contributed by atoms with E-state index in [1.165, 1.54) is 30.4 Å². The zero-order valence-electron chi connectivity index (χ0n) is 15.5. The Labute approximate surface area is 150 Å². The van der Waals surface area contributed by atoms with E-state index in [1.54, 1.807) is 12.2 Å². The van der Waals surface area contributed by atoms with Gasteiger partial charge in [-0.1, -0.05) is 25.5 Å². The Balaban J connectivity index is 1.70. The van der Waals surface area contributed by atoms with Crippen molar-refractivity contribution < 1.29 is 9.59 Å². The highest BCUT2D eigenvalue weighted by atomic mass is 16.1. The first kappa shape index (κ1) is 16.7. The molecule has 0 bridgehead atoms. The average molecular weight is 337 g/mol. The fourth-order valence-corrected chi connectivity index (χ4v) is 6.74. The zero-order valence-corrected chi connectivity index (χ0v) is 15.5. The monoisotopic (exact) mass is 337 g/mol. The van der Waals surface area contributed by atoms with Crippen molar-refractivity contribution in [3.8, 4) is 0 Å². The molecule has 0 aliphatic heterocycles. The minimum atomic E-state index is 0.0562. The van der Waals surface area contributed by atoms with Crippen molar-refractivity contribution >= 4 is 11.9 Å². The van der Waals surface area contributed by atoms with E-state index in [2.05, 4.69) is 24.9 Å². The highest BCUT2D eigenvalue weighted by molar-refractivity contribution is 6.01. The van der Waals surface area contributed by atoms with Crippen LogP contribution in [0.1, 0.15) is 59.3 Å². The van der Waals surface area contributed by atoms with Crippen molar-refractivity contribution in [1.29, 1.82) is 0 Å². The zero-order chi connectivity index (χ0) is 17.8. The quantitative estimate of drug-likeness (QED) is 0.504. The molecule has 0 unspecified atom stereocenters. The van der Waals surface area contributed by atoms with E-state index in [0.29, 0.717) is 17.8 Å². The first-order chi connectivity index (χ1) is 11.9. The Morgan fingerprint density at radius 1 is 1.20 bits per heavy atom. The number of allylic oxidation sites excluding steroid dienone is 6. The molecule has 4 aliphatic carbocycles. The second-order valence-corrected chi connectivity index (χ2v) is 8.87. The number of hydrogen-bond donors (Lipinski definition) is 0. The van der Waals surface area contributed by atoms with E-state index in [-0.39, 0.29) is 16.6 Å². The van der Waals surface area contributed by atoms with Gasteiger partial charge in [-0.25, -0.2) is 4.79 Å². The van der Waals surface area contributed by atoms with Crippen molar-refractivity contribution in [2.24, 2.45) is 33.6 Å². The van der Waals surface area contributed by atoms with Crippen LogP contribution in [0, 0.1) is 28.6 Å². The highest BCUT2D eigenvalue weighted by Gasteiger charge is 2.57. The molecule has 3 fully saturated rings. The van der Waals surface area contributed by atoms with Crippen LogP contribution >= 0.6 is 0 Å². The third-order valence-corrected chi connectivity index (χ3v) is 7.99. The van der Waals surface area contributed by atoms with E-state index in [4.69, 9.17) is 0 Å². The molecular weight excluding hydrogens is 310 g/mol. The molecule has 0 aromatic rings. The third kappa shape index (κ3) is 2.29. The number of carbonyl (C=O) groups excluding carboxylic acids is 2. The number of fused-ring (bicyclic) bond motifs is 5. The van der Waals surface area contributed by atoms with Gasteiger partial charge in [0.25, 0.3) is 0 Å². The van der Waals surface area contributed by atoms with E-state index in [1.807, 2.05) is 13.0 Å². The van der Waals surface area contributed by atoms with Gasteiger partial charge in [0.15, 0.2) is 5.78 Å². The van der Waals surface area contributed by atoms with Crippen LogP contribution in [0.25, 0.3) is 0 Å². The Morgan fingerprint density at radius 2 is 2.00 bits per heavy atom. The molecule has 3 heteroatoms. The third-order valence-electron chi connectivity index (χ3n) is 7.99. The maximum atomic E-state index is 11.8. The van der Waals surface area contributed by atoms with Crippen LogP contribution < -0.4 is 0 Å². The Kier molecular flexibility index (Phi) is 3.77. The molecule has 4 aliphatic rings. The van der Waals surface area contributed by atoms with Crippen LogP contribution in [-0.4, -0.2) is 11.9 Å². The summed E-state index contributed by atoms with van der Waals surface area (Å²) in [6.07, 6.45) is 14.4. The van der Waals surface area contributed by atoms with E-state index in [0.717, 1.165) is 25.0 Å². The highest BCUT2D eigenvalue weighted by Crippen LogP contribution is 2.66. The average Bonchev–Trinajstić information content (AvgIpc) is 2.93. The van der Waals surface area contributed by atoms with Gasteiger partial charge in [-0.2, -0.15) is 4.99 Å². The van der Waals surface area contributed by atoms with Crippen LogP contribution in [0.3, 0.4) is 0 Å². The lowest BCUT2D eigenvalue weighted by atomic mass is 9.48. The number of ketones is 1. The largest absolute Gasteiger partial charge is 0.290 e. The van der Waals surface area contributed by atoms with Gasteiger partial charge in [0, 0.05) is 5.41 Å². The standard InChI is InChI=1S/C22H27NO2/c1-14(23-13-24)18-6-7-19-17-5-4-15-12-16(25)8-10-21(15,2)20(17)9-11-22(18,19)3/h8,10,12,17,19-20H,4-7,9,11H2,1-3H3/b18-14-/t17-,19-,20-,21-,22+/m0/s1. The molecule has 0 heterocycles. The van der Waals surface area contributed by atoms with Gasteiger partial charge in [-0.05, 0) is 86.3 Å². The molecule has 5 atom stereocenters. The summed E-state index contributed by atoms with van der Waals surface area (Å²) < 4.78 is 0. The van der Waals surface area contributed by atoms with Gasteiger partial charge >= 0.3 is 0 Å². The molecule has 0 amide bonds. The number of hydrogen-bond acceptors (Lipinski definition) is 3. The van der Waals surface area contributed by atoms with Gasteiger partial charge in [0.05, 0.1) is 5.70 Å². The molecule has 0 N–H and O–H groups in total. The molecule has 3 nitrogen and oxygen atoms in total. The molecule has 132 valence electrons. The molecule has 0 aromatic heterocycles. The first-order valence-electron chi connectivity index (χ1n) is 9.62. The fraction of sp³-hybridized carbons (Fsp3) is 0.636. The molecule has 3 saturated carbocycles. The molecular formula is C22H27NO2.